The fourth-order valence-corrected chi connectivity index (χ4v) is 1.63. The van der Waals surface area contributed by atoms with Crippen LogP contribution in [0.3, 0.4) is 0 Å². The quantitative estimate of drug-likeness (QED) is 0.891. The first-order valence-corrected chi connectivity index (χ1v) is 5.82. The van der Waals surface area contributed by atoms with Crippen LogP contribution in [0.2, 0.25) is 0 Å². The van der Waals surface area contributed by atoms with E-state index in [-0.39, 0.29) is 17.7 Å². The zero-order valence-corrected chi connectivity index (χ0v) is 10.6. The molecule has 0 radical (unpaired) electrons. The Morgan fingerprint density at radius 1 is 1.16 bits per heavy atom. The molecule has 0 fully saturated rings. The van der Waals surface area contributed by atoms with Gasteiger partial charge >= 0.3 is 0 Å². The molecule has 0 aliphatic rings. The average molecular weight is 264 g/mol. The maximum atomic E-state index is 13.6. The molecule has 2 N–H and O–H groups in total. The second kappa shape index (κ2) is 5.60. The van der Waals surface area contributed by atoms with Crippen LogP contribution in [0.4, 0.5) is 20.5 Å². The van der Waals surface area contributed by atoms with Gasteiger partial charge in [-0.15, -0.1) is 0 Å². The smallest absolute Gasteiger partial charge is 0.224 e. The summed E-state index contributed by atoms with van der Waals surface area (Å²) in [7, 11) is 1.65. The van der Waals surface area contributed by atoms with Gasteiger partial charge < -0.3 is 10.6 Å². The molecule has 2 aromatic rings. The van der Waals surface area contributed by atoms with E-state index in [4.69, 9.17) is 0 Å². The lowest BCUT2D eigenvalue weighted by Crippen LogP contribution is -2.11. The van der Waals surface area contributed by atoms with Crippen molar-refractivity contribution in [2.45, 2.75) is 13.0 Å². The molecule has 2 rings (SSSR count). The summed E-state index contributed by atoms with van der Waals surface area (Å²) in [5, 5.41) is 5.67. The maximum absolute atomic E-state index is 13.6. The Kier molecular flexibility index (Phi) is 3.89. The van der Waals surface area contributed by atoms with E-state index in [0.717, 1.165) is 11.8 Å². The summed E-state index contributed by atoms with van der Waals surface area (Å²) in [4.78, 5) is 7.75. The van der Waals surface area contributed by atoms with Crippen LogP contribution < -0.4 is 10.6 Å². The summed E-state index contributed by atoms with van der Waals surface area (Å²) >= 11 is 0. The SMILES string of the molecule is CNc1ncc(F)c(NC(C)c2ccc(F)cc2)n1. The topological polar surface area (TPSA) is 49.8 Å². The van der Waals surface area contributed by atoms with Gasteiger partial charge in [-0.1, -0.05) is 12.1 Å². The van der Waals surface area contributed by atoms with Crippen LogP contribution >= 0.6 is 0 Å². The molecule has 1 heterocycles. The van der Waals surface area contributed by atoms with E-state index < -0.39 is 5.82 Å². The Bertz CT molecular complexity index is 557. The van der Waals surface area contributed by atoms with Crippen molar-refractivity contribution in [3.8, 4) is 0 Å². The molecule has 6 heteroatoms. The van der Waals surface area contributed by atoms with Crippen molar-refractivity contribution in [1.82, 2.24) is 9.97 Å². The lowest BCUT2D eigenvalue weighted by molar-refractivity contribution is 0.613. The number of rotatable bonds is 4. The van der Waals surface area contributed by atoms with Crippen LogP contribution in [-0.2, 0) is 0 Å². The molecule has 0 saturated carbocycles. The maximum Gasteiger partial charge on any atom is 0.224 e. The lowest BCUT2D eigenvalue weighted by atomic mass is 10.1. The molecular formula is C13H14F2N4. The van der Waals surface area contributed by atoms with E-state index in [1.54, 1.807) is 19.2 Å². The van der Waals surface area contributed by atoms with Crippen molar-refractivity contribution in [2.24, 2.45) is 0 Å². The third kappa shape index (κ3) is 3.15. The minimum absolute atomic E-state index is 0.108. The number of hydrogen-bond acceptors (Lipinski definition) is 4. The van der Waals surface area contributed by atoms with Crippen LogP contribution in [0.25, 0.3) is 0 Å². The number of aromatic nitrogens is 2. The fraction of sp³-hybridized carbons (Fsp3) is 0.231. The molecule has 19 heavy (non-hydrogen) atoms. The predicted molar refractivity (Wildman–Crippen MR) is 70.0 cm³/mol. The molecule has 1 aromatic heterocycles. The Labute approximate surface area is 109 Å². The van der Waals surface area contributed by atoms with Crippen molar-refractivity contribution in [1.29, 1.82) is 0 Å². The number of benzene rings is 1. The van der Waals surface area contributed by atoms with Gasteiger partial charge in [-0.05, 0) is 24.6 Å². The van der Waals surface area contributed by atoms with E-state index >= 15 is 0 Å². The summed E-state index contributed by atoms with van der Waals surface area (Å²) in [6.07, 6.45) is 1.10. The Hall–Kier alpha value is -2.24. The van der Waals surface area contributed by atoms with E-state index in [1.165, 1.54) is 12.1 Å². The standard InChI is InChI=1S/C13H14F2N4/c1-8(9-3-5-10(14)6-4-9)18-12-11(15)7-17-13(16-2)19-12/h3-8H,1-2H3,(H2,16,17,18,19). The van der Waals surface area contributed by atoms with Gasteiger partial charge in [0.2, 0.25) is 5.95 Å². The minimum atomic E-state index is -0.534. The Morgan fingerprint density at radius 3 is 2.47 bits per heavy atom. The van der Waals surface area contributed by atoms with Gasteiger partial charge in [-0.25, -0.2) is 13.8 Å². The lowest BCUT2D eigenvalue weighted by Gasteiger charge is -2.15. The van der Waals surface area contributed by atoms with E-state index in [1.807, 2.05) is 6.92 Å². The van der Waals surface area contributed by atoms with Crippen molar-refractivity contribution in [2.75, 3.05) is 17.7 Å². The second-order valence-corrected chi connectivity index (χ2v) is 4.06. The highest BCUT2D eigenvalue weighted by Gasteiger charge is 2.11. The highest BCUT2D eigenvalue weighted by molar-refractivity contribution is 5.43. The monoisotopic (exact) mass is 264 g/mol. The summed E-state index contributed by atoms with van der Waals surface area (Å²) in [5.41, 5.74) is 0.838. The van der Waals surface area contributed by atoms with Gasteiger partial charge in [-0.3, -0.25) is 0 Å². The van der Waals surface area contributed by atoms with Crippen molar-refractivity contribution in [3.63, 3.8) is 0 Å². The Morgan fingerprint density at radius 2 is 1.84 bits per heavy atom. The number of hydrogen-bond donors (Lipinski definition) is 2. The van der Waals surface area contributed by atoms with E-state index in [9.17, 15) is 8.78 Å². The highest BCUT2D eigenvalue weighted by atomic mass is 19.1. The van der Waals surface area contributed by atoms with Crippen molar-refractivity contribution >= 4 is 11.8 Å². The first kappa shape index (κ1) is 13.2. The van der Waals surface area contributed by atoms with Gasteiger partial charge in [0.1, 0.15) is 5.82 Å². The molecule has 1 unspecified atom stereocenters. The average Bonchev–Trinajstić information content (AvgIpc) is 2.42. The number of halogens is 2. The van der Waals surface area contributed by atoms with Crippen LogP contribution in [-0.4, -0.2) is 17.0 Å². The third-order valence-electron chi connectivity index (χ3n) is 2.69. The number of nitrogens with one attached hydrogen (secondary N) is 2. The van der Waals surface area contributed by atoms with E-state index in [0.29, 0.717) is 5.95 Å². The molecule has 0 spiro atoms. The molecule has 100 valence electrons. The van der Waals surface area contributed by atoms with Gasteiger partial charge in [0, 0.05) is 7.05 Å². The predicted octanol–water partition coefficient (Wildman–Crippen LogP) is 2.97. The van der Waals surface area contributed by atoms with E-state index in [2.05, 4.69) is 20.6 Å². The van der Waals surface area contributed by atoms with Crippen LogP contribution in [0, 0.1) is 11.6 Å². The van der Waals surface area contributed by atoms with Gasteiger partial charge in [0.05, 0.1) is 12.2 Å². The molecule has 1 aromatic carbocycles. The van der Waals surface area contributed by atoms with Gasteiger partial charge in [-0.2, -0.15) is 4.98 Å². The van der Waals surface area contributed by atoms with Crippen molar-refractivity contribution in [3.05, 3.63) is 47.7 Å². The van der Waals surface area contributed by atoms with Crippen molar-refractivity contribution < 1.29 is 8.78 Å². The van der Waals surface area contributed by atoms with Crippen LogP contribution in [0.1, 0.15) is 18.5 Å². The molecular weight excluding hydrogens is 250 g/mol. The summed E-state index contributed by atoms with van der Waals surface area (Å²) in [5.74, 6) is -0.402. The molecule has 0 aliphatic heterocycles. The molecule has 0 amide bonds. The molecule has 0 bridgehead atoms. The minimum Gasteiger partial charge on any atom is -0.361 e. The number of nitrogens with zero attached hydrogens (tertiary/aromatic N) is 2. The highest BCUT2D eigenvalue weighted by Crippen LogP contribution is 2.20. The van der Waals surface area contributed by atoms with Gasteiger partial charge in [0.25, 0.3) is 0 Å². The Balaban J connectivity index is 2.18. The normalized spacial score (nSPS) is 12.0. The van der Waals surface area contributed by atoms with Crippen LogP contribution in [0.5, 0.6) is 0 Å². The summed E-state index contributed by atoms with van der Waals surface area (Å²) < 4.78 is 26.4. The zero-order chi connectivity index (χ0) is 13.8. The molecule has 4 nitrogen and oxygen atoms in total. The fourth-order valence-electron chi connectivity index (χ4n) is 1.63. The molecule has 1 atom stereocenters. The largest absolute Gasteiger partial charge is 0.361 e. The summed E-state index contributed by atoms with van der Waals surface area (Å²) in [6.45, 7) is 1.84. The summed E-state index contributed by atoms with van der Waals surface area (Å²) in [6, 6.07) is 5.82. The third-order valence-corrected chi connectivity index (χ3v) is 2.69. The van der Waals surface area contributed by atoms with Gasteiger partial charge in [0.15, 0.2) is 11.6 Å². The zero-order valence-electron chi connectivity index (χ0n) is 10.6. The molecule has 0 saturated heterocycles. The first-order chi connectivity index (χ1) is 9.10. The second-order valence-electron chi connectivity index (χ2n) is 4.06. The first-order valence-electron chi connectivity index (χ1n) is 5.82. The van der Waals surface area contributed by atoms with Crippen LogP contribution in [0.15, 0.2) is 30.5 Å². The number of anilines is 2. The molecule has 0 aliphatic carbocycles.